The van der Waals surface area contributed by atoms with Crippen molar-refractivity contribution in [3.63, 3.8) is 0 Å². The number of aromatic carboxylic acids is 1. The molecule has 0 aromatic heterocycles. The number of alkyl halides is 3. The Bertz CT molecular complexity index is 678. The van der Waals surface area contributed by atoms with Crippen LogP contribution in [0.25, 0.3) is 11.1 Å². The van der Waals surface area contributed by atoms with E-state index in [0.717, 1.165) is 12.1 Å². The lowest BCUT2D eigenvalue weighted by Crippen LogP contribution is -2.16. The van der Waals surface area contributed by atoms with Gasteiger partial charge in [0.2, 0.25) is 0 Å². The zero-order valence-corrected chi connectivity index (χ0v) is 11.3. The highest BCUT2D eigenvalue weighted by molar-refractivity contribution is 5.96. The van der Waals surface area contributed by atoms with Gasteiger partial charge in [-0.2, -0.15) is 0 Å². The van der Waals surface area contributed by atoms with Crippen molar-refractivity contribution in [2.24, 2.45) is 0 Å². The summed E-state index contributed by atoms with van der Waals surface area (Å²) in [4.78, 5) is 11.2. The van der Waals surface area contributed by atoms with Crippen LogP contribution < -0.4 is 9.47 Å². The molecule has 0 atom stereocenters. The first kappa shape index (κ1) is 15.7. The smallest absolute Gasteiger partial charge is 0.497 e. The number of carboxylic acid groups (broad SMARTS) is 1. The minimum atomic E-state index is -4.77. The van der Waals surface area contributed by atoms with Crippen molar-refractivity contribution in [1.82, 2.24) is 0 Å². The van der Waals surface area contributed by atoms with E-state index < -0.39 is 12.3 Å². The number of halogens is 3. The van der Waals surface area contributed by atoms with Crippen LogP contribution in [0.1, 0.15) is 10.4 Å². The highest BCUT2D eigenvalue weighted by Gasteiger charge is 2.31. The third-order valence-electron chi connectivity index (χ3n) is 2.86. The van der Waals surface area contributed by atoms with Crippen molar-refractivity contribution < 1.29 is 32.5 Å². The van der Waals surface area contributed by atoms with Crippen LogP contribution in [0.5, 0.6) is 11.5 Å². The molecule has 0 saturated carbocycles. The highest BCUT2D eigenvalue weighted by atomic mass is 19.4. The van der Waals surface area contributed by atoms with Crippen molar-refractivity contribution in [3.05, 3.63) is 48.0 Å². The molecule has 0 fully saturated rings. The van der Waals surface area contributed by atoms with Gasteiger partial charge in [0.05, 0.1) is 12.7 Å². The molecule has 0 bridgehead atoms. The average Bonchev–Trinajstić information content (AvgIpc) is 2.45. The standard InChI is InChI=1S/C15H11F3O4/c1-21-11-6-7-12(14(19)20)13(8-11)9-2-4-10(5-3-9)22-15(16,17)18/h2-8H,1H3,(H,19,20). The molecule has 2 aromatic rings. The molecule has 0 heterocycles. The fourth-order valence-electron chi connectivity index (χ4n) is 1.91. The molecule has 22 heavy (non-hydrogen) atoms. The predicted molar refractivity (Wildman–Crippen MR) is 72.1 cm³/mol. The summed E-state index contributed by atoms with van der Waals surface area (Å²) in [5, 5.41) is 9.18. The van der Waals surface area contributed by atoms with Gasteiger partial charge in [0, 0.05) is 0 Å². The Hall–Kier alpha value is -2.70. The van der Waals surface area contributed by atoms with Gasteiger partial charge in [-0.1, -0.05) is 12.1 Å². The molecule has 0 aliphatic heterocycles. The molecule has 0 radical (unpaired) electrons. The van der Waals surface area contributed by atoms with Crippen LogP contribution in [0.4, 0.5) is 13.2 Å². The third kappa shape index (κ3) is 3.69. The fourth-order valence-corrected chi connectivity index (χ4v) is 1.91. The Morgan fingerprint density at radius 2 is 1.64 bits per heavy atom. The first-order valence-electron chi connectivity index (χ1n) is 6.07. The van der Waals surface area contributed by atoms with Crippen molar-refractivity contribution in [2.75, 3.05) is 7.11 Å². The van der Waals surface area contributed by atoms with Gasteiger partial charge in [-0.05, 0) is 41.5 Å². The van der Waals surface area contributed by atoms with Crippen molar-refractivity contribution >= 4 is 5.97 Å². The summed E-state index contributed by atoms with van der Waals surface area (Å²) < 4.78 is 45.2. The van der Waals surface area contributed by atoms with Gasteiger partial charge >= 0.3 is 12.3 Å². The second-order valence-corrected chi connectivity index (χ2v) is 4.29. The molecule has 0 spiro atoms. The number of carboxylic acids is 1. The maximum atomic E-state index is 12.1. The molecule has 2 aromatic carbocycles. The number of rotatable bonds is 4. The van der Waals surface area contributed by atoms with Crippen LogP contribution in [-0.2, 0) is 0 Å². The maximum Gasteiger partial charge on any atom is 0.573 e. The van der Waals surface area contributed by atoms with E-state index in [-0.39, 0.29) is 11.3 Å². The molecular weight excluding hydrogens is 301 g/mol. The summed E-state index contributed by atoms with van der Waals surface area (Å²) in [5.74, 6) is -1.08. The molecule has 0 amide bonds. The average molecular weight is 312 g/mol. The maximum absolute atomic E-state index is 12.1. The van der Waals surface area contributed by atoms with E-state index in [0.29, 0.717) is 16.9 Å². The molecule has 1 N–H and O–H groups in total. The molecule has 116 valence electrons. The van der Waals surface area contributed by atoms with Gasteiger partial charge < -0.3 is 14.6 Å². The lowest BCUT2D eigenvalue weighted by Gasteiger charge is -2.11. The van der Waals surface area contributed by atoms with E-state index in [1.54, 1.807) is 0 Å². The largest absolute Gasteiger partial charge is 0.573 e. The monoisotopic (exact) mass is 312 g/mol. The Morgan fingerprint density at radius 1 is 1.05 bits per heavy atom. The predicted octanol–water partition coefficient (Wildman–Crippen LogP) is 3.96. The van der Waals surface area contributed by atoms with Gasteiger partial charge in [-0.25, -0.2) is 4.79 Å². The normalized spacial score (nSPS) is 11.1. The van der Waals surface area contributed by atoms with E-state index in [9.17, 15) is 23.1 Å². The van der Waals surface area contributed by atoms with Gasteiger partial charge in [0.15, 0.2) is 0 Å². The number of hydrogen-bond donors (Lipinski definition) is 1. The minimum Gasteiger partial charge on any atom is -0.497 e. The van der Waals surface area contributed by atoms with Crippen LogP contribution >= 0.6 is 0 Å². The Labute approximate surface area is 123 Å². The van der Waals surface area contributed by atoms with E-state index >= 15 is 0 Å². The third-order valence-corrected chi connectivity index (χ3v) is 2.86. The molecule has 2 rings (SSSR count). The van der Waals surface area contributed by atoms with E-state index in [2.05, 4.69) is 4.74 Å². The zero-order valence-electron chi connectivity index (χ0n) is 11.3. The Balaban J connectivity index is 2.41. The molecule has 7 heteroatoms. The zero-order chi connectivity index (χ0) is 16.3. The summed E-state index contributed by atoms with van der Waals surface area (Å²) >= 11 is 0. The van der Waals surface area contributed by atoms with Crippen molar-refractivity contribution in [1.29, 1.82) is 0 Å². The van der Waals surface area contributed by atoms with Crippen LogP contribution in [0.15, 0.2) is 42.5 Å². The topological polar surface area (TPSA) is 55.8 Å². The molecular formula is C15H11F3O4. The number of hydrogen-bond acceptors (Lipinski definition) is 3. The van der Waals surface area contributed by atoms with Crippen LogP contribution in [0.2, 0.25) is 0 Å². The van der Waals surface area contributed by atoms with Gasteiger partial charge in [0.1, 0.15) is 11.5 Å². The van der Waals surface area contributed by atoms with Crippen LogP contribution in [-0.4, -0.2) is 24.5 Å². The lowest BCUT2D eigenvalue weighted by atomic mass is 9.99. The Morgan fingerprint density at radius 3 is 2.14 bits per heavy atom. The van der Waals surface area contributed by atoms with Crippen LogP contribution in [0.3, 0.4) is 0 Å². The highest BCUT2D eigenvalue weighted by Crippen LogP contribution is 2.31. The molecule has 0 aliphatic carbocycles. The van der Waals surface area contributed by atoms with E-state index in [4.69, 9.17) is 4.74 Å². The van der Waals surface area contributed by atoms with Crippen molar-refractivity contribution in [2.45, 2.75) is 6.36 Å². The SMILES string of the molecule is COc1ccc(C(=O)O)c(-c2ccc(OC(F)(F)F)cc2)c1. The number of ether oxygens (including phenoxy) is 2. The van der Waals surface area contributed by atoms with Gasteiger partial charge in [0.25, 0.3) is 0 Å². The second-order valence-electron chi connectivity index (χ2n) is 4.29. The van der Waals surface area contributed by atoms with E-state index in [1.165, 1.54) is 37.4 Å². The molecule has 4 nitrogen and oxygen atoms in total. The lowest BCUT2D eigenvalue weighted by molar-refractivity contribution is -0.274. The summed E-state index contributed by atoms with van der Waals surface area (Å²) in [6.07, 6.45) is -4.77. The summed E-state index contributed by atoms with van der Waals surface area (Å²) in [6, 6.07) is 9.31. The van der Waals surface area contributed by atoms with Gasteiger partial charge in [-0.15, -0.1) is 13.2 Å². The van der Waals surface area contributed by atoms with Crippen molar-refractivity contribution in [3.8, 4) is 22.6 Å². The summed E-state index contributed by atoms with van der Waals surface area (Å²) in [7, 11) is 1.43. The van der Waals surface area contributed by atoms with Gasteiger partial charge in [-0.3, -0.25) is 0 Å². The molecule has 0 unspecified atom stereocenters. The summed E-state index contributed by atoms with van der Waals surface area (Å²) in [5.41, 5.74) is 0.793. The quantitative estimate of drug-likeness (QED) is 0.928. The Kier molecular flexibility index (Phi) is 4.25. The molecule has 0 saturated heterocycles. The summed E-state index contributed by atoms with van der Waals surface area (Å²) in [6.45, 7) is 0. The fraction of sp³-hybridized carbons (Fsp3) is 0.133. The van der Waals surface area contributed by atoms with E-state index in [1.807, 2.05) is 0 Å². The number of benzene rings is 2. The van der Waals surface area contributed by atoms with Crippen LogP contribution in [0, 0.1) is 0 Å². The first-order chi connectivity index (χ1) is 10.3. The second kappa shape index (κ2) is 5.97. The minimum absolute atomic E-state index is 0.0188. The number of methoxy groups -OCH3 is 1. The molecule has 0 aliphatic rings. The first-order valence-corrected chi connectivity index (χ1v) is 6.07. The number of carbonyl (C=O) groups is 1.